The third-order valence-corrected chi connectivity index (χ3v) is 4.71. The van der Waals surface area contributed by atoms with Crippen LogP contribution in [0.15, 0.2) is 18.2 Å². The number of halogens is 1. The SMILES string of the molecule is COc1cc(/C=C/C(=O)O[C@@H](C)C(=O)N2CCCCCC2)cc(Cl)c1OC. The minimum Gasteiger partial charge on any atom is -0.493 e. The van der Waals surface area contributed by atoms with Gasteiger partial charge in [-0.15, -0.1) is 0 Å². The molecule has 2 rings (SSSR count). The Morgan fingerprint density at radius 3 is 2.37 bits per heavy atom. The number of carbonyl (C=O) groups excluding carboxylic acids is 2. The summed E-state index contributed by atoms with van der Waals surface area (Å²) in [5.74, 6) is 0.155. The molecule has 148 valence electrons. The normalized spacial score (nSPS) is 15.9. The Morgan fingerprint density at radius 2 is 1.78 bits per heavy atom. The smallest absolute Gasteiger partial charge is 0.331 e. The van der Waals surface area contributed by atoms with E-state index < -0.39 is 12.1 Å². The van der Waals surface area contributed by atoms with E-state index in [1.54, 1.807) is 30.0 Å². The van der Waals surface area contributed by atoms with Crippen LogP contribution in [0.3, 0.4) is 0 Å². The van der Waals surface area contributed by atoms with Gasteiger partial charge < -0.3 is 19.1 Å². The molecule has 1 saturated heterocycles. The molecule has 0 N–H and O–H groups in total. The zero-order chi connectivity index (χ0) is 19.8. The van der Waals surface area contributed by atoms with Crippen LogP contribution in [0.2, 0.25) is 5.02 Å². The number of methoxy groups -OCH3 is 2. The molecule has 7 heteroatoms. The molecule has 0 bridgehead atoms. The van der Waals surface area contributed by atoms with Crippen LogP contribution >= 0.6 is 11.6 Å². The maximum Gasteiger partial charge on any atom is 0.331 e. The highest BCUT2D eigenvalue weighted by molar-refractivity contribution is 6.32. The van der Waals surface area contributed by atoms with Crippen LogP contribution in [-0.4, -0.2) is 50.2 Å². The fraction of sp³-hybridized carbons (Fsp3) is 0.500. The number of hydrogen-bond acceptors (Lipinski definition) is 5. The van der Waals surface area contributed by atoms with Crippen molar-refractivity contribution in [1.82, 2.24) is 4.90 Å². The Bertz CT molecular complexity index is 696. The molecule has 1 fully saturated rings. The number of esters is 1. The molecule has 1 aromatic carbocycles. The van der Waals surface area contributed by atoms with E-state index in [4.69, 9.17) is 25.8 Å². The lowest BCUT2D eigenvalue weighted by molar-refractivity contribution is -0.155. The summed E-state index contributed by atoms with van der Waals surface area (Å²) >= 11 is 6.15. The highest BCUT2D eigenvalue weighted by atomic mass is 35.5. The second kappa shape index (κ2) is 10.2. The van der Waals surface area contributed by atoms with Gasteiger partial charge in [-0.05, 0) is 43.5 Å². The van der Waals surface area contributed by atoms with Crippen molar-refractivity contribution in [3.05, 3.63) is 28.8 Å². The Kier molecular flexibility index (Phi) is 7.98. The fourth-order valence-corrected chi connectivity index (χ4v) is 3.31. The second-order valence-electron chi connectivity index (χ2n) is 6.39. The summed E-state index contributed by atoms with van der Waals surface area (Å²) in [4.78, 5) is 26.3. The van der Waals surface area contributed by atoms with Crippen molar-refractivity contribution in [2.24, 2.45) is 0 Å². The minimum absolute atomic E-state index is 0.146. The molecule has 1 atom stereocenters. The van der Waals surface area contributed by atoms with Crippen molar-refractivity contribution in [3.8, 4) is 11.5 Å². The van der Waals surface area contributed by atoms with Crippen LogP contribution in [0.25, 0.3) is 6.08 Å². The van der Waals surface area contributed by atoms with Gasteiger partial charge in [0.15, 0.2) is 17.6 Å². The van der Waals surface area contributed by atoms with Crippen molar-refractivity contribution >= 4 is 29.6 Å². The van der Waals surface area contributed by atoms with Crippen LogP contribution in [-0.2, 0) is 14.3 Å². The van der Waals surface area contributed by atoms with Crippen molar-refractivity contribution < 1.29 is 23.8 Å². The molecule has 0 aliphatic carbocycles. The third-order valence-electron chi connectivity index (χ3n) is 4.43. The van der Waals surface area contributed by atoms with Crippen LogP contribution in [0.4, 0.5) is 0 Å². The molecule has 0 aromatic heterocycles. The van der Waals surface area contributed by atoms with Crippen LogP contribution in [0.5, 0.6) is 11.5 Å². The van der Waals surface area contributed by atoms with Gasteiger partial charge in [-0.1, -0.05) is 24.4 Å². The molecular weight excluding hydrogens is 370 g/mol. The van der Waals surface area contributed by atoms with Crippen molar-refractivity contribution in [3.63, 3.8) is 0 Å². The lowest BCUT2D eigenvalue weighted by Gasteiger charge is -2.23. The first kappa shape index (κ1) is 21.1. The maximum atomic E-state index is 12.4. The number of hydrogen-bond donors (Lipinski definition) is 0. The summed E-state index contributed by atoms with van der Waals surface area (Å²) in [5, 5.41) is 0.370. The molecule has 1 aromatic rings. The molecule has 27 heavy (non-hydrogen) atoms. The summed E-state index contributed by atoms with van der Waals surface area (Å²) in [7, 11) is 3.01. The van der Waals surface area contributed by atoms with Gasteiger partial charge in [0.25, 0.3) is 5.91 Å². The van der Waals surface area contributed by atoms with Gasteiger partial charge in [0.1, 0.15) is 0 Å². The van der Waals surface area contributed by atoms with E-state index >= 15 is 0 Å². The Hall–Kier alpha value is -2.21. The molecule has 1 amide bonds. The number of carbonyl (C=O) groups is 2. The molecule has 1 heterocycles. The molecule has 6 nitrogen and oxygen atoms in total. The summed E-state index contributed by atoms with van der Waals surface area (Å²) < 4.78 is 15.7. The second-order valence-corrected chi connectivity index (χ2v) is 6.80. The van der Waals surface area contributed by atoms with E-state index in [9.17, 15) is 9.59 Å². The minimum atomic E-state index is -0.811. The van der Waals surface area contributed by atoms with Crippen LogP contribution in [0.1, 0.15) is 38.2 Å². The lowest BCUT2D eigenvalue weighted by Crippen LogP contribution is -2.40. The van der Waals surface area contributed by atoms with E-state index in [1.165, 1.54) is 20.3 Å². The number of ether oxygens (including phenoxy) is 3. The zero-order valence-corrected chi connectivity index (χ0v) is 16.8. The lowest BCUT2D eigenvalue weighted by atomic mass is 10.2. The van der Waals surface area contributed by atoms with Gasteiger partial charge in [-0.3, -0.25) is 4.79 Å². The largest absolute Gasteiger partial charge is 0.493 e. The Morgan fingerprint density at radius 1 is 1.11 bits per heavy atom. The molecular formula is C20H26ClNO5. The van der Waals surface area contributed by atoms with Crippen LogP contribution < -0.4 is 9.47 Å². The number of nitrogens with zero attached hydrogens (tertiary/aromatic N) is 1. The average molecular weight is 396 g/mol. The van der Waals surface area contributed by atoms with E-state index in [0.29, 0.717) is 22.1 Å². The van der Waals surface area contributed by atoms with E-state index in [1.807, 2.05) is 0 Å². The summed E-state index contributed by atoms with van der Waals surface area (Å²) in [5.41, 5.74) is 0.654. The van der Waals surface area contributed by atoms with E-state index in [2.05, 4.69) is 0 Å². The van der Waals surface area contributed by atoms with Gasteiger partial charge in [-0.25, -0.2) is 4.79 Å². The zero-order valence-electron chi connectivity index (χ0n) is 16.0. The molecule has 1 aliphatic rings. The molecule has 0 radical (unpaired) electrons. The summed E-state index contributed by atoms with van der Waals surface area (Å²) in [6.45, 7) is 3.05. The van der Waals surface area contributed by atoms with Gasteiger partial charge in [-0.2, -0.15) is 0 Å². The van der Waals surface area contributed by atoms with E-state index in [-0.39, 0.29) is 5.91 Å². The summed E-state index contributed by atoms with van der Waals surface area (Å²) in [6, 6.07) is 3.35. The number of benzene rings is 1. The van der Waals surface area contributed by atoms with Crippen molar-refractivity contribution in [1.29, 1.82) is 0 Å². The van der Waals surface area contributed by atoms with Crippen LogP contribution in [0, 0.1) is 0 Å². The van der Waals surface area contributed by atoms with Gasteiger partial charge in [0.2, 0.25) is 0 Å². The fourth-order valence-electron chi connectivity index (χ4n) is 3.01. The van der Waals surface area contributed by atoms with E-state index in [0.717, 1.165) is 38.8 Å². The van der Waals surface area contributed by atoms with Crippen molar-refractivity contribution in [2.75, 3.05) is 27.3 Å². The number of amides is 1. The topological polar surface area (TPSA) is 65.1 Å². The highest BCUT2D eigenvalue weighted by Gasteiger charge is 2.23. The number of rotatable bonds is 6. The first-order valence-electron chi connectivity index (χ1n) is 9.05. The third kappa shape index (κ3) is 5.89. The predicted octanol–water partition coefficient (Wildman–Crippen LogP) is 3.70. The quantitative estimate of drug-likeness (QED) is 0.542. The first-order chi connectivity index (χ1) is 13.0. The highest BCUT2D eigenvalue weighted by Crippen LogP contribution is 2.36. The number of likely N-dealkylation sites (tertiary alicyclic amines) is 1. The molecule has 0 saturated carbocycles. The van der Waals surface area contributed by atoms with Gasteiger partial charge in [0, 0.05) is 19.2 Å². The monoisotopic (exact) mass is 395 g/mol. The van der Waals surface area contributed by atoms with Gasteiger partial charge in [0.05, 0.1) is 19.2 Å². The van der Waals surface area contributed by atoms with Crippen molar-refractivity contribution in [2.45, 2.75) is 38.7 Å². The molecule has 1 aliphatic heterocycles. The summed E-state index contributed by atoms with van der Waals surface area (Å²) in [6.07, 6.45) is 6.26. The predicted molar refractivity (Wildman–Crippen MR) is 104 cm³/mol. The average Bonchev–Trinajstić information content (AvgIpc) is 2.94. The molecule has 0 unspecified atom stereocenters. The Labute approximate surface area is 165 Å². The Balaban J connectivity index is 1.98. The first-order valence-corrected chi connectivity index (χ1v) is 9.43. The standard InChI is InChI=1S/C20H26ClNO5/c1-14(20(24)22-10-6-4-5-7-11-22)27-18(23)9-8-15-12-16(21)19(26-3)17(13-15)25-2/h8-9,12-14H,4-7,10-11H2,1-3H3/b9-8+/t14-/m0/s1. The maximum absolute atomic E-state index is 12.4. The van der Waals surface area contributed by atoms with Gasteiger partial charge >= 0.3 is 5.97 Å². The molecule has 0 spiro atoms.